The SMILES string of the molecule is CN(C)C(=O)c1cccc(OC2CC2)c1C(N)=O. The zero-order valence-corrected chi connectivity index (χ0v) is 10.5. The van der Waals surface area contributed by atoms with Gasteiger partial charge in [-0.15, -0.1) is 0 Å². The van der Waals surface area contributed by atoms with Gasteiger partial charge in [0, 0.05) is 14.1 Å². The molecule has 0 unspecified atom stereocenters. The van der Waals surface area contributed by atoms with Crippen molar-refractivity contribution in [2.24, 2.45) is 5.73 Å². The van der Waals surface area contributed by atoms with Crippen molar-refractivity contribution in [2.75, 3.05) is 14.1 Å². The Balaban J connectivity index is 2.44. The lowest BCUT2D eigenvalue weighted by Gasteiger charge is -2.15. The summed E-state index contributed by atoms with van der Waals surface area (Å²) in [5, 5.41) is 0. The number of benzene rings is 1. The van der Waals surface area contributed by atoms with Gasteiger partial charge in [-0.25, -0.2) is 0 Å². The van der Waals surface area contributed by atoms with E-state index in [2.05, 4.69) is 0 Å². The Morgan fingerprint density at radius 2 is 2.00 bits per heavy atom. The van der Waals surface area contributed by atoms with Crippen LogP contribution in [-0.2, 0) is 0 Å². The van der Waals surface area contributed by atoms with Crippen molar-refractivity contribution in [3.8, 4) is 5.75 Å². The molecule has 2 amide bonds. The quantitative estimate of drug-likeness (QED) is 0.864. The van der Waals surface area contributed by atoms with E-state index in [0.717, 1.165) is 12.8 Å². The van der Waals surface area contributed by atoms with Crippen LogP contribution in [-0.4, -0.2) is 36.9 Å². The molecule has 0 atom stereocenters. The molecule has 0 heterocycles. The molecule has 1 saturated carbocycles. The van der Waals surface area contributed by atoms with E-state index < -0.39 is 5.91 Å². The number of amides is 2. The molecule has 0 radical (unpaired) electrons. The Bertz CT molecular complexity index is 493. The minimum Gasteiger partial charge on any atom is -0.490 e. The summed E-state index contributed by atoms with van der Waals surface area (Å²) in [7, 11) is 3.25. The largest absolute Gasteiger partial charge is 0.490 e. The van der Waals surface area contributed by atoms with Crippen LogP contribution in [0.1, 0.15) is 33.6 Å². The van der Waals surface area contributed by atoms with Gasteiger partial charge in [0.15, 0.2) is 0 Å². The molecule has 1 aromatic rings. The summed E-state index contributed by atoms with van der Waals surface area (Å²) in [5.41, 5.74) is 5.81. The standard InChI is InChI=1S/C13H16N2O3/c1-15(2)13(17)9-4-3-5-10(11(9)12(14)16)18-8-6-7-8/h3-5,8H,6-7H2,1-2H3,(H2,14,16). The van der Waals surface area contributed by atoms with Crippen LogP contribution in [0.3, 0.4) is 0 Å². The highest BCUT2D eigenvalue weighted by molar-refractivity contribution is 6.08. The first-order chi connectivity index (χ1) is 8.50. The summed E-state index contributed by atoms with van der Waals surface area (Å²) < 4.78 is 5.62. The van der Waals surface area contributed by atoms with Gasteiger partial charge < -0.3 is 15.4 Å². The van der Waals surface area contributed by atoms with Gasteiger partial charge in [-0.1, -0.05) is 6.07 Å². The molecule has 2 N–H and O–H groups in total. The molecule has 0 saturated heterocycles. The lowest BCUT2D eigenvalue weighted by Crippen LogP contribution is -2.26. The summed E-state index contributed by atoms with van der Waals surface area (Å²) in [4.78, 5) is 24.9. The van der Waals surface area contributed by atoms with Crippen LogP contribution in [0.25, 0.3) is 0 Å². The van der Waals surface area contributed by atoms with E-state index >= 15 is 0 Å². The lowest BCUT2D eigenvalue weighted by molar-refractivity contribution is 0.0819. The van der Waals surface area contributed by atoms with E-state index in [1.54, 1.807) is 32.3 Å². The maximum Gasteiger partial charge on any atom is 0.254 e. The minimum atomic E-state index is -0.642. The molecule has 0 bridgehead atoms. The Morgan fingerprint density at radius 1 is 1.33 bits per heavy atom. The molecule has 1 fully saturated rings. The van der Waals surface area contributed by atoms with E-state index in [-0.39, 0.29) is 23.1 Å². The average molecular weight is 248 g/mol. The van der Waals surface area contributed by atoms with Gasteiger partial charge >= 0.3 is 0 Å². The first-order valence-corrected chi connectivity index (χ1v) is 5.82. The van der Waals surface area contributed by atoms with E-state index in [1.165, 1.54) is 4.90 Å². The second-order valence-corrected chi connectivity index (χ2v) is 4.56. The minimum absolute atomic E-state index is 0.146. The van der Waals surface area contributed by atoms with E-state index in [9.17, 15) is 9.59 Å². The predicted octanol–water partition coefficient (Wildman–Crippen LogP) is 1.03. The molecule has 1 aliphatic carbocycles. The van der Waals surface area contributed by atoms with E-state index in [1.807, 2.05) is 0 Å². The van der Waals surface area contributed by atoms with Crippen molar-refractivity contribution in [3.05, 3.63) is 29.3 Å². The first kappa shape index (κ1) is 12.4. The molecule has 18 heavy (non-hydrogen) atoms. The number of nitrogens with zero attached hydrogens (tertiary/aromatic N) is 1. The molecule has 96 valence electrons. The molecule has 0 aliphatic heterocycles. The van der Waals surface area contributed by atoms with Gasteiger partial charge in [0.05, 0.1) is 17.2 Å². The number of hydrogen-bond donors (Lipinski definition) is 1. The van der Waals surface area contributed by atoms with Crippen LogP contribution in [0.4, 0.5) is 0 Å². The third kappa shape index (κ3) is 2.45. The summed E-state index contributed by atoms with van der Waals surface area (Å²) in [6.45, 7) is 0. The van der Waals surface area contributed by atoms with E-state index in [0.29, 0.717) is 5.75 Å². The summed E-state index contributed by atoms with van der Waals surface area (Å²) in [6, 6.07) is 4.95. The highest BCUT2D eigenvalue weighted by Crippen LogP contribution is 2.30. The van der Waals surface area contributed by atoms with Crippen molar-refractivity contribution >= 4 is 11.8 Å². The fraction of sp³-hybridized carbons (Fsp3) is 0.385. The third-order valence-corrected chi connectivity index (χ3v) is 2.73. The Kier molecular flexibility index (Phi) is 3.23. The zero-order chi connectivity index (χ0) is 13.3. The molecule has 1 aliphatic rings. The first-order valence-electron chi connectivity index (χ1n) is 5.82. The van der Waals surface area contributed by atoms with Crippen molar-refractivity contribution < 1.29 is 14.3 Å². The molecule has 2 rings (SSSR count). The molecule has 0 spiro atoms. The average Bonchev–Trinajstić information content (AvgIpc) is 3.11. The number of carbonyl (C=O) groups excluding carboxylic acids is 2. The smallest absolute Gasteiger partial charge is 0.254 e. The van der Waals surface area contributed by atoms with Crippen LogP contribution in [0.2, 0.25) is 0 Å². The van der Waals surface area contributed by atoms with Gasteiger partial charge in [0.25, 0.3) is 11.8 Å². The maximum atomic E-state index is 12.0. The van der Waals surface area contributed by atoms with Crippen LogP contribution in [0.15, 0.2) is 18.2 Å². The van der Waals surface area contributed by atoms with Crippen LogP contribution in [0.5, 0.6) is 5.75 Å². The Labute approximate surface area is 106 Å². The molecule has 0 aromatic heterocycles. The van der Waals surface area contributed by atoms with E-state index in [4.69, 9.17) is 10.5 Å². The maximum absolute atomic E-state index is 12.0. The summed E-state index contributed by atoms with van der Waals surface area (Å²) in [6.07, 6.45) is 2.10. The van der Waals surface area contributed by atoms with Crippen LogP contribution in [0, 0.1) is 0 Å². The fourth-order valence-electron chi connectivity index (χ4n) is 1.67. The predicted molar refractivity (Wildman–Crippen MR) is 66.6 cm³/mol. The normalized spacial score (nSPS) is 14.1. The monoisotopic (exact) mass is 248 g/mol. The number of hydrogen-bond acceptors (Lipinski definition) is 3. The second-order valence-electron chi connectivity index (χ2n) is 4.56. The Morgan fingerprint density at radius 3 is 2.50 bits per heavy atom. The van der Waals surface area contributed by atoms with Gasteiger partial charge in [0.2, 0.25) is 0 Å². The van der Waals surface area contributed by atoms with Crippen molar-refractivity contribution in [1.82, 2.24) is 4.90 Å². The van der Waals surface area contributed by atoms with Gasteiger partial charge in [-0.2, -0.15) is 0 Å². The molecule has 1 aromatic carbocycles. The van der Waals surface area contributed by atoms with Crippen molar-refractivity contribution in [2.45, 2.75) is 18.9 Å². The number of ether oxygens (including phenoxy) is 1. The molecular weight excluding hydrogens is 232 g/mol. The Hall–Kier alpha value is -2.04. The van der Waals surface area contributed by atoms with Crippen LogP contribution >= 0.6 is 0 Å². The van der Waals surface area contributed by atoms with Gasteiger partial charge in [-0.3, -0.25) is 9.59 Å². The molecular formula is C13H16N2O3. The number of carbonyl (C=O) groups is 2. The number of nitrogens with two attached hydrogens (primary N) is 1. The highest BCUT2D eigenvalue weighted by Gasteiger charge is 2.27. The highest BCUT2D eigenvalue weighted by atomic mass is 16.5. The van der Waals surface area contributed by atoms with Crippen LogP contribution < -0.4 is 10.5 Å². The fourth-order valence-corrected chi connectivity index (χ4v) is 1.67. The topological polar surface area (TPSA) is 72.6 Å². The number of primary amides is 1. The number of rotatable bonds is 4. The summed E-state index contributed by atoms with van der Waals surface area (Å²) in [5.74, 6) is -0.501. The molecule has 5 nitrogen and oxygen atoms in total. The van der Waals surface area contributed by atoms with Gasteiger partial charge in [-0.05, 0) is 25.0 Å². The second kappa shape index (κ2) is 4.68. The summed E-state index contributed by atoms with van der Waals surface area (Å²) >= 11 is 0. The lowest BCUT2D eigenvalue weighted by atomic mass is 10.0. The van der Waals surface area contributed by atoms with Crippen molar-refractivity contribution in [3.63, 3.8) is 0 Å². The zero-order valence-electron chi connectivity index (χ0n) is 10.5. The van der Waals surface area contributed by atoms with Crippen molar-refractivity contribution in [1.29, 1.82) is 0 Å². The van der Waals surface area contributed by atoms with Gasteiger partial charge in [0.1, 0.15) is 5.75 Å². The third-order valence-electron chi connectivity index (χ3n) is 2.73. The molecule has 5 heteroatoms.